The summed E-state index contributed by atoms with van der Waals surface area (Å²) >= 11 is 12.3. The Morgan fingerprint density at radius 1 is 1.05 bits per heavy atom. The van der Waals surface area contributed by atoms with Gasteiger partial charge in [-0.15, -0.1) is 0 Å². The van der Waals surface area contributed by atoms with E-state index < -0.39 is 0 Å². The smallest absolute Gasteiger partial charge is 0.119 e. The molecule has 0 atom stereocenters. The largest absolute Gasteiger partial charge is 0.494 e. The molecule has 0 aliphatic heterocycles. The molecule has 0 saturated carbocycles. The van der Waals surface area contributed by atoms with Crippen molar-refractivity contribution in [2.75, 3.05) is 13.2 Å². The third-order valence-electron chi connectivity index (χ3n) is 3.31. The highest BCUT2D eigenvalue weighted by atomic mass is 35.5. The van der Waals surface area contributed by atoms with Crippen molar-refractivity contribution >= 4 is 23.2 Å². The molecule has 0 aliphatic rings. The van der Waals surface area contributed by atoms with Gasteiger partial charge in [-0.2, -0.15) is 0 Å². The van der Waals surface area contributed by atoms with Crippen LogP contribution in [0.3, 0.4) is 0 Å². The summed E-state index contributed by atoms with van der Waals surface area (Å²) in [5.41, 5.74) is 2.21. The van der Waals surface area contributed by atoms with E-state index in [2.05, 4.69) is 24.4 Å². The summed E-state index contributed by atoms with van der Waals surface area (Å²) in [5.74, 6) is 0.926. The third kappa shape index (κ3) is 5.20. The van der Waals surface area contributed by atoms with E-state index in [9.17, 15) is 0 Å². The maximum absolute atomic E-state index is 6.17. The highest BCUT2D eigenvalue weighted by molar-refractivity contribution is 6.35. The van der Waals surface area contributed by atoms with Gasteiger partial charge in [0.05, 0.1) is 6.61 Å². The van der Waals surface area contributed by atoms with Gasteiger partial charge in [0.1, 0.15) is 5.75 Å². The van der Waals surface area contributed by atoms with E-state index in [-0.39, 0.29) is 0 Å². The second-order valence-electron chi connectivity index (χ2n) is 5.12. The van der Waals surface area contributed by atoms with E-state index in [1.54, 1.807) is 0 Å². The summed E-state index contributed by atoms with van der Waals surface area (Å²) in [6, 6.07) is 13.8. The summed E-state index contributed by atoms with van der Waals surface area (Å²) in [7, 11) is 0. The van der Waals surface area contributed by atoms with E-state index in [0.29, 0.717) is 0 Å². The Morgan fingerprint density at radius 3 is 2.50 bits per heavy atom. The molecule has 4 heteroatoms. The second-order valence-corrected chi connectivity index (χ2v) is 5.94. The predicted octanol–water partition coefficient (Wildman–Crippen LogP) is 5.11. The maximum Gasteiger partial charge on any atom is 0.119 e. The molecule has 2 aromatic carbocycles. The maximum atomic E-state index is 6.17. The van der Waals surface area contributed by atoms with Crippen LogP contribution in [0.15, 0.2) is 42.5 Å². The van der Waals surface area contributed by atoms with E-state index in [1.807, 2.05) is 30.3 Å². The molecule has 0 fully saturated rings. The van der Waals surface area contributed by atoms with Gasteiger partial charge in [-0.1, -0.05) is 48.3 Å². The number of hydrogen-bond acceptors (Lipinski definition) is 2. The van der Waals surface area contributed by atoms with Gasteiger partial charge in [0.25, 0.3) is 0 Å². The van der Waals surface area contributed by atoms with Crippen LogP contribution < -0.4 is 10.1 Å². The lowest BCUT2D eigenvalue weighted by Crippen LogP contribution is -2.17. The van der Waals surface area contributed by atoms with Crippen molar-refractivity contribution in [2.24, 2.45) is 0 Å². The van der Waals surface area contributed by atoms with Crippen LogP contribution in [0.5, 0.6) is 5.75 Å². The Balaban J connectivity index is 1.81. The van der Waals surface area contributed by atoms with Gasteiger partial charge in [0.15, 0.2) is 0 Å². The standard InChI is InChI=1S/C18H21Cl2NO/c1-2-11-22-15-6-3-5-14(12-15)13-21-10-9-16-17(19)7-4-8-18(16)20/h3-8,12,21H,2,9-11,13H2,1H3. The summed E-state index contributed by atoms with van der Waals surface area (Å²) in [5, 5.41) is 4.87. The molecule has 0 spiro atoms. The number of rotatable bonds is 8. The monoisotopic (exact) mass is 337 g/mol. The average Bonchev–Trinajstić information content (AvgIpc) is 2.52. The highest BCUT2D eigenvalue weighted by Crippen LogP contribution is 2.24. The highest BCUT2D eigenvalue weighted by Gasteiger charge is 2.04. The minimum atomic E-state index is 0.726. The SMILES string of the molecule is CCCOc1cccc(CNCCc2c(Cl)cccc2Cl)c1. The second kappa shape index (κ2) is 9.04. The van der Waals surface area contributed by atoms with Gasteiger partial charge in [-0.3, -0.25) is 0 Å². The van der Waals surface area contributed by atoms with Crippen LogP contribution in [-0.4, -0.2) is 13.2 Å². The first-order valence-corrected chi connectivity index (χ1v) is 8.31. The van der Waals surface area contributed by atoms with Crippen molar-refractivity contribution in [1.29, 1.82) is 0 Å². The fourth-order valence-corrected chi connectivity index (χ4v) is 2.77. The summed E-state index contributed by atoms with van der Waals surface area (Å²) in [6.45, 7) is 4.47. The Morgan fingerprint density at radius 2 is 1.77 bits per heavy atom. The minimum absolute atomic E-state index is 0.726. The lowest BCUT2D eigenvalue weighted by molar-refractivity contribution is 0.317. The number of hydrogen-bond donors (Lipinski definition) is 1. The molecule has 0 saturated heterocycles. The Hall–Kier alpha value is -1.22. The minimum Gasteiger partial charge on any atom is -0.494 e. The molecule has 2 aromatic rings. The zero-order valence-electron chi connectivity index (χ0n) is 12.7. The molecule has 0 aromatic heterocycles. The molecular formula is C18H21Cl2NO. The summed E-state index contributed by atoms with van der Waals surface area (Å²) < 4.78 is 5.64. The van der Waals surface area contributed by atoms with Gasteiger partial charge in [-0.05, 0) is 54.8 Å². The molecule has 0 bridgehead atoms. The van der Waals surface area contributed by atoms with Gasteiger partial charge in [0, 0.05) is 16.6 Å². The van der Waals surface area contributed by atoms with E-state index >= 15 is 0 Å². The molecule has 0 aliphatic carbocycles. The van der Waals surface area contributed by atoms with Crippen molar-refractivity contribution in [2.45, 2.75) is 26.3 Å². The molecule has 1 N–H and O–H groups in total. The molecule has 0 radical (unpaired) electrons. The van der Waals surface area contributed by atoms with Gasteiger partial charge >= 0.3 is 0 Å². The van der Waals surface area contributed by atoms with E-state index in [0.717, 1.165) is 53.9 Å². The number of nitrogens with one attached hydrogen (secondary N) is 1. The first-order chi connectivity index (χ1) is 10.7. The Labute approximate surface area is 142 Å². The van der Waals surface area contributed by atoms with Crippen LogP contribution in [0.1, 0.15) is 24.5 Å². The lowest BCUT2D eigenvalue weighted by Gasteiger charge is -2.10. The normalized spacial score (nSPS) is 10.7. The molecule has 0 amide bonds. The zero-order chi connectivity index (χ0) is 15.8. The fourth-order valence-electron chi connectivity index (χ4n) is 2.18. The molecular weight excluding hydrogens is 317 g/mol. The van der Waals surface area contributed by atoms with Crippen LogP contribution in [0.4, 0.5) is 0 Å². The van der Waals surface area contributed by atoms with Gasteiger partial charge in [-0.25, -0.2) is 0 Å². The zero-order valence-corrected chi connectivity index (χ0v) is 14.3. The van der Waals surface area contributed by atoms with Crippen molar-refractivity contribution in [3.8, 4) is 5.75 Å². The van der Waals surface area contributed by atoms with Crippen molar-refractivity contribution < 1.29 is 4.74 Å². The number of ether oxygens (including phenoxy) is 1. The van der Waals surface area contributed by atoms with Crippen molar-refractivity contribution in [1.82, 2.24) is 5.32 Å². The van der Waals surface area contributed by atoms with Crippen LogP contribution in [-0.2, 0) is 13.0 Å². The molecule has 2 nitrogen and oxygen atoms in total. The van der Waals surface area contributed by atoms with Crippen LogP contribution in [0.25, 0.3) is 0 Å². The van der Waals surface area contributed by atoms with Crippen molar-refractivity contribution in [3.63, 3.8) is 0 Å². The van der Waals surface area contributed by atoms with Crippen LogP contribution >= 0.6 is 23.2 Å². The molecule has 2 rings (SSSR count). The molecule has 0 heterocycles. The summed E-state index contributed by atoms with van der Waals surface area (Å²) in [4.78, 5) is 0. The third-order valence-corrected chi connectivity index (χ3v) is 4.02. The predicted molar refractivity (Wildman–Crippen MR) is 94.1 cm³/mol. The number of benzene rings is 2. The summed E-state index contributed by atoms with van der Waals surface area (Å²) in [6.07, 6.45) is 1.83. The topological polar surface area (TPSA) is 21.3 Å². The van der Waals surface area contributed by atoms with Crippen molar-refractivity contribution in [3.05, 3.63) is 63.6 Å². The first-order valence-electron chi connectivity index (χ1n) is 7.56. The average molecular weight is 338 g/mol. The fraction of sp³-hybridized carbons (Fsp3) is 0.333. The molecule has 118 valence electrons. The van der Waals surface area contributed by atoms with Gasteiger partial charge < -0.3 is 10.1 Å². The molecule has 22 heavy (non-hydrogen) atoms. The Bertz CT molecular complexity index is 581. The van der Waals surface area contributed by atoms with Crippen LogP contribution in [0.2, 0.25) is 10.0 Å². The van der Waals surface area contributed by atoms with Gasteiger partial charge in [0.2, 0.25) is 0 Å². The Kier molecular flexibility index (Phi) is 7.04. The first kappa shape index (κ1) is 17.1. The van der Waals surface area contributed by atoms with E-state index in [1.165, 1.54) is 5.56 Å². The van der Waals surface area contributed by atoms with E-state index in [4.69, 9.17) is 27.9 Å². The lowest BCUT2D eigenvalue weighted by atomic mass is 10.1. The number of halogens is 2. The molecule has 0 unspecified atom stereocenters. The van der Waals surface area contributed by atoms with Crippen LogP contribution in [0, 0.1) is 0 Å². The quantitative estimate of drug-likeness (QED) is 0.675.